The second-order valence-corrected chi connectivity index (χ2v) is 11.5. The average molecular weight is 631 g/mol. The molecule has 3 saturated heterocycles. The Kier molecular flexibility index (Phi) is 7.62. The van der Waals surface area contributed by atoms with Gasteiger partial charge in [0.1, 0.15) is 17.1 Å². The highest BCUT2D eigenvalue weighted by Crippen LogP contribution is 2.44. The van der Waals surface area contributed by atoms with Crippen LogP contribution in [-0.2, 0) is 12.4 Å². The van der Waals surface area contributed by atoms with Crippen LogP contribution < -0.4 is 26.2 Å². The van der Waals surface area contributed by atoms with Gasteiger partial charge in [0, 0.05) is 29.9 Å². The maximum absolute atomic E-state index is 13.5. The Hall–Kier alpha value is -4.39. The molecule has 0 aliphatic carbocycles. The van der Waals surface area contributed by atoms with Crippen molar-refractivity contribution in [1.29, 1.82) is 0 Å². The van der Waals surface area contributed by atoms with E-state index in [0.717, 1.165) is 36.9 Å². The molecular weight excluding hydrogens is 602 g/mol. The Labute approximate surface area is 253 Å². The number of hydrogen-bond acceptors (Lipinski definition) is 7. The second-order valence-electron chi connectivity index (χ2n) is 11.5. The lowest BCUT2D eigenvalue weighted by molar-refractivity contribution is -0.143. The molecule has 0 radical (unpaired) electrons. The summed E-state index contributed by atoms with van der Waals surface area (Å²) in [5.41, 5.74) is -4.95. The van der Waals surface area contributed by atoms with Crippen molar-refractivity contribution in [3.63, 3.8) is 0 Å². The molecule has 7 rings (SSSR count). The summed E-state index contributed by atoms with van der Waals surface area (Å²) in [7, 11) is 1.52. The Morgan fingerprint density at radius 1 is 1.00 bits per heavy atom. The fourth-order valence-electron chi connectivity index (χ4n) is 6.63. The van der Waals surface area contributed by atoms with E-state index >= 15 is 0 Å². The van der Waals surface area contributed by atoms with Crippen LogP contribution in [0.2, 0.25) is 0 Å². The lowest BCUT2D eigenvalue weighted by atomic mass is 9.73. The number of nitrogens with zero attached hydrogens (tertiary/aromatic N) is 2. The van der Waals surface area contributed by atoms with Crippen molar-refractivity contribution in [3.05, 3.63) is 98.5 Å². The molecule has 2 N–H and O–H groups in total. The van der Waals surface area contributed by atoms with E-state index < -0.39 is 51.8 Å². The third-order valence-electron chi connectivity index (χ3n) is 8.92. The summed E-state index contributed by atoms with van der Waals surface area (Å²) in [5.74, 6) is 1.16. The van der Waals surface area contributed by atoms with Crippen molar-refractivity contribution in [2.45, 2.75) is 37.3 Å². The molecule has 13 heteroatoms. The monoisotopic (exact) mass is 630 g/mol. The van der Waals surface area contributed by atoms with Gasteiger partial charge in [0.05, 0.1) is 29.8 Å². The summed E-state index contributed by atoms with van der Waals surface area (Å²) in [6.07, 6.45) is -4.94. The van der Waals surface area contributed by atoms with E-state index in [1.54, 1.807) is 30.5 Å². The summed E-state index contributed by atoms with van der Waals surface area (Å²) in [5, 5.41) is 6.30. The zero-order valence-corrected chi connectivity index (χ0v) is 23.9. The first kappa shape index (κ1) is 30.6. The summed E-state index contributed by atoms with van der Waals surface area (Å²) in [6.45, 7) is 5.48. The maximum Gasteiger partial charge on any atom is 0.416 e. The number of methoxy groups -OCH3 is 1. The summed E-state index contributed by atoms with van der Waals surface area (Å²) in [4.78, 5) is 32.4. The molecule has 236 valence electrons. The Bertz CT molecular complexity index is 1810. The third kappa shape index (κ3) is 5.65. The number of hydrogen-bond donors (Lipinski definition) is 2. The number of halogens is 6. The van der Waals surface area contributed by atoms with Crippen molar-refractivity contribution in [1.82, 2.24) is 9.88 Å². The predicted molar refractivity (Wildman–Crippen MR) is 158 cm³/mol. The van der Waals surface area contributed by atoms with Crippen molar-refractivity contribution < 1.29 is 31.1 Å². The molecule has 3 aliphatic rings. The largest absolute Gasteiger partial charge is 0.497 e. The van der Waals surface area contributed by atoms with Gasteiger partial charge in [0.15, 0.2) is 0 Å². The molecule has 0 amide bonds. The Balaban J connectivity index is 1.43. The van der Waals surface area contributed by atoms with Crippen molar-refractivity contribution in [2.24, 2.45) is 11.8 Å². The highest BCUT2D eigenvalue weighted by Gasteiger charge is 2.44. The van der Waals surface area contributed by atoms with Gasteiger partial charge in [-0.05, 0) is 79.3 Å². The van der Waals surface area contributed by atoms with Crippen LogP contribution in [0.15, 0.2) is 70.9 Å². The van der Waals surface area contributed by atoms with E-state index in [1.807, 2.05) is 6.08 Å². The predicted octanol–water partition coefficient (Wildman–Crippen LogP) is 6.67. The number of piperidine rings is 3. The highest BCUT2D eigenvalue weighted by atomic mass is 19.4. The summed E-state index contributed by atoms with van der Waals surface area (Å²) in [6, 6.07) is 7.29. The SMILES string of the molecule is C=CC1CN2CCC1C[C@@H]2[C@H](Nc1c(Nc2cc(C(F)(F)F)cc(C(F)(F)F)c2)c(=O)c1=O)c1ccnc2ccc(OC)cc12. The molecule has 2 bridgehead atoms. The molecule has 0 spiro atoms. The van der Waals surface area contributed by atoms with Crippen molar-refractivity contribution in [3.8, 4) is 5.75 Å². The second kappa shape index (κ2) is 11.2. The minimum Gasteiger partial charge on any atom is -0.497 e. The quantitative estimate of drug-likeness (QED) is 0.128. The van der Waals surface area contributed by atoms with Gasteiger partial charge in [-0.1, -0.05) is 6.08 Å². The molecule has 7 nitrogen and oxygen atoms in total. The third-order valence-corrected chi connectivity index (χ3v) is 8.92. The molecule has 3 aromatic carbocycles. The molecule has 5 atom stereocenters. The van der Waals surface area contributed by atoms with Gasteiger partial charge in [0.2, 0.25) is 0 Å². The van der Waals surface area contributed by atoms with Crippen LogP contribution in [0.1, 0.15) is 35.6 Å². The molecule has 3 fully saturated rings. The number of aromatic nitrogens is 1. The first-order valence-electron chi connectivity index (χ1n) is 14.2. The molecular formula is C32H28F6N4O3. The number of anilines is 3. The van der Waals surface area contributed by atoms with E-state index in [9.17, 15) is 35.9 Å². The standard InChI is InChI=1S/C32H28F6N4O3/c1-3-16-15-42-9-7-17(16)10-25(42)26(22-6-8-39-24-5-4-21(45-2)14-23(22)24)41-28-27(29(43)30(28)44)40-20-12-18(31(33,34)35)11-19(13-20)32(36,37)38/h3-6,8,11-14,16-17,25-26,40-41H,1,7,9-10,15H2,2H3/t16?,17?,25-,26-/m1/s1. The molecule has 45 heavy (non-hydrogen) atoms. The molecule has 4 aromatic rings. The zero-order chi connectivity index (χ0) is 32.3. The van der Waals surface area contributed by atoms with Gasteiger partial charge in [-0.3, -0.25) is 19.5 Å². The van der Waals surface area contributed by atoms with E-state index in [-0.39, 0.29) is 23.7 Å². The van der Waals surface area contributed by atoms with Crippen LogP contribution in [0.4, 0.5) is 43.4 Å². The molecule has 3 aliphatic heterocycles. The van der Waals surface area contributed by atoms with Crippen LogP contribution in [0.25, 0.3) is 10.9 Å². The van der Waals surface area contributed by atoms with Crippen LogP contribution in [0.5, 0.6) is 5.75 Å². The van der Waals surface area contributed by atoms with E-state index in [4.69, 9.17) is 4.74 Å². The molecule has 1 aromatic heterocycles. The van der Waals surface area contributed by atoms with E-state index in [0.29, 0.717) is 29.3 Å². The molecule has 4 heterocycles. The van der Waals surface area contributed by atoms with Gasteiger partial charge in [-0.25, -0.2) is 0 Å². The summed E-state index contributed by atoms with van der Waals surface area (Å²) >= 11 is 0. The van der Waals surface area contributed by atoms with E-state index in [2.05, 4.69) is 27.1 Å². The fourth-order valence-corrected chi connectivity index (χ4v) is 6.63. The minimum absolute atomic E-state index is 0.00556. The van der Waals surface area contributed by atoms with Gasteiger partial charge < -0.3 is 15.4 Å². The maximum atomic E-state index is 13.5. The molecule has 3 unspecified atom stereocenters. The van der Waals surface area contributed by atoms with E-state index in [1.165, 1.54) is 7.11 Å². The van der Waals surface area contributed by atoms with Crippen LogP contribution in [0.3, 0.4) is 0 Å². The number of ether oxygens (including phenoxy) is 1. The number of nitrogens with one attached hydrogen (secondary N) is 2. The number of fused-ring (bicyclic) bond motifs is 4. The topological polar surface area (TPSA) is 83.6 Å². The van der Waals surface area contributed by atoms with Gasteiger partial charge in [-0.2, -0.15) is 26.3 Å². The first-order valence-corrected chi connectivity index (χ1v) is 14.2. The number of alkyl halides is 6. The Morgan fingerprint density at radius 3 is 2.29 bits per heavy atom. The van der Waals surface area contributed by atoms with Gasteiger partial charge in [-0.15, -0.1) is 6.58 Å². The highest BCUT2D eigenvalue weighted by molar-refractivity contribution is 5.85. The van der Waals surface area contributed by atoms with Crippen LogP contribution in [-0.4, -0.2) is 36.1 Å². The van der Waals surface area contributed by atoms with Crippen molar-refractivity contribution in [2.75, 3.05) is 30.8 Å². The number of benzene rings is 2. The Morgan fingerprint density at radius 2 is 1.69 bits per heavy atom. The number of rotatable bonds is 8. The lowest BCUT2D eigenvalue weighted by Gasteiger charge is -2.52. The first-order chi connectivity index (χ1) is 21.3. The summed E-state index contributed by atoms with van der Waals surface area (Å²) < 4.78 is 86.4. The fraction of sp³-hybridized carbons (Fsp3) is 0.344. The van der Waals surface area contributed by atoms with Crippen LogP contribution in [0, 0.1) is 11.8 Å². The smallest absolute Gasteiger partial charge is 0.416 e. The van der Waals surface area contributed by atoms with Crippen LogP contribution >= 0.6 is 0 Å². The zero-order valence-electron chi connectivity index (χ0n) is 23.9. The molecule has 0 saturated carbocycles. The normalized spacial score (nSPS) is 22.4. The average Bonchev–Trinajstić information content (AvgIpc) is 3.03. The van der Waals surface area contributed by atoms with Crippen molar-refractivity contribution >= 4 is 28.0 Å². The number of pyridine rings is 1. The lowest BCUT2D eigenvalue weighted by Crippen LogP contribution is -2.56. The minimum atomic E-state index is -5.08. The van der Waals surface area contributed by atoms with Gasteiger partial charge in [0.25, 0.3) is 10.9 Å². The van der Waals surface area contributed by atoms with Gasteiger partial charge >= 0.3 is 12.4 Å².